The summed E-state index contributed by atoms with van der Waals surface area (Å²) in [7, 11) is 0. The van der Waals surface area contributed by atoms with E-state index in [1.54, 1.807) is 0 Å². The van der Waals surface area contributed by atoms with Crippen LogP contribution in [-0.4, -0.2) is 26.4 Å². The summed E-state index contributed by atoms with van der Waals surface area (Å²) in [6.07, 6.45) is 0.887. The smallest absolute Gasteiger partial charge is 0.234 e. The Kier molecular flexibility index (Phi) is 7.76. The summed E-state index contributed by atoms with van der Waals surface area (Å²) in [5, 5.41) is 12.1. The van der Waals surface area contributed by atoms with E-state index in [0.717, 1.165) is 40.9 Å². The Morgan fingerprint density at radius 1 is 0.909 bits per heavy atom. The minimum atomic E-state index is -0.0896. The second-order valence-electron chi connectivity index (χ2n) is 7.55. The third-order valence-corrected chi connectivity index (χ3v) is 6.05. The molecule has 0 fully saturated rings. The highest BCUT2D eigenvalue weighted by atomic mass is 32.2. The van der Waals surface area contributed by atoms with Crippen molar-refractivity contribution in [2.75, 3.05) is 11.1 Å². The zero-order valence-electron chi connectivity index (χ0n) is 18.5. The van der Waals surface area contributed by atoms with Crippen molar-refractivity contribution in [3.8, 4) is 5.75 Å². The molecule has 168 valence electrons. The van der Waals surface area contributed by atoms with Gasteiger partial charge in [0.1, 0.15) is 18.2 Å². The highest BCUT2D eigenvalue weighted by Gasteiger charge is 2.12. The van der Waals surface area contributed by atoms with Gasteiger partial charge >= 0.3 is 0 Å². The number of rotatable bonds is 10. The van der Waals surface area contributed by atoms with Gasteiger partial charge in [0.25, 0.3) is 0 Å². The van der Waals surface area contributed by atoms with Crippen LogP contribution in [0.3, 0.4) is 0 Å². The number of hydrogen-bond donors (Lipinski definition) is 1. The van der Waals surface area contributed by atoms with Gasteiger partial charge in [-0.05, 0) is 48.7 Å². The first-order chi connectivity index (χ1) is 16.2. The number of ether oxygens (including phenoxy) is 1. The largest absolute Gasteiger partial charge is 0.489 e. The Morgan fingerprint density at radius 3 is 2.27 bits per heavy atom. The van der Waals surface area contributed by atoms with Crippen molar-refractivity contribution in [3.05, 3.63) is 102 Å². The normalized spacial score (nSPS) is 10.7. The highest BCUT2D eigenvalue weighted by molar-refractivity contribution is 7.99. The predicted octanol–water partition coefficient (Wildman–Crippen LogP) is 5.14. The number of aryl methyl sites for hydroxylation is 2. The summed E-state index contributed by atoms with van der Waals surface area (Å²) in [6, 6.07) is 27.7. The molecule has 0 radical (unpaired) electrons. The zero-order chi connectivity index (χ0) is 22.9. The summed E-state index contributed by atoms with van der Waals surface area (Å²) < 4.78 is 7.85. The molecule has 1 N–H and O–H groups in total. The van der Waals surface area contributed by atoms with Crippen LogP contribution < -0.4 is 10.1 Å². The number of carbonyl (C=O) groups is 1. The highest BCUT2D eigenvalue weighted by Crippen LogP contribution is 2.20. The summed E-state index contributed by atoms with van der Waals surface area (Å²) in [5.41, 5.74) is 3.10. The Bertz CT molecular complexity index is 1160. The fraction of sp³-hybridized carbons (Fsp3) is 0.192. The van der Waals surface area contributed by atoms with E-state index >= 15 is 0 Å². The van der Waals surface area contributed by atoms with Crippen molar-refractivity contribution in [3.63, 3.8) is 0 Å². The maximum absolute atomic E-state index is 12.5. The summed E-state index contributed by atoms with van der Waals surface area (Å²) in [4.78, 5) is 12.5. The SMILES string of the molecule is Cc1nnc(SCC(=O)Nc2ccc(OCc3ccccc3)cc2)n1CCc1ccccc1. The molecule has 0 spiro atoms. The van der Waals surface area contributed by atoms with E-state index in [0.29, 0.717) is 6.61 Å². The van der Waals surface area contributed by atoms with Gasteiger partial charge in [-0.1, -0.05) is 72.4 Å². The van der Waals surface area contributed by atoms with Gasteiger partial charge in [-0.25, -0.2) is 0 Å². The van der Waals surface area contributed by atoms with E-state index in [9.17, 15) is 4.79 Å². The number of carbonyl (C=O) groups excluding carboxylic acids is 1. The molecule has 1 amide bonds. The van der Waals surface area contributed by atoms with Gasteiger partial charge in [0.05, 0.1) is 5.75 Å². The zero-order valence-corrected chi connectivity index (χ0v) is 19.3. The number of benzene rings is 3. The second kappa shape index (κ2) is 11.3. The molecular weight excluding hydrogens is 432 g/mol. The molecule has 0 aliphatic rings. The van der Waals surface area contributed by atoms with Crippen molar-refractivity contribution in [1.82, 2.24) is 14.8 Å². The molecule has 3 aromatic carbocycles. The summed E-state index contributed by atoms with van der Waals surface area (Å²) in [5.74, 6) is 1.77. The van der Waals surface area contributed by atoms with E-state index in [1.165, 1.54) is 17.3 Å². The fourth-order valence-corrected chi connectivity index (χ4v) is 4.12. The van der Waals surface area contributed by atoms with Crippen LogP contribution in [0, 0.1) is 6.92 Å². The average molecular weight is 459 g/mol. The van der Waals surface area contributed by atoms with Crippen molar-refractivity contribution in [1.29, 1.82) is 0 Å². The third kappa shape index (κ3) is 6.70. The lowest BCUT2D eigenvalue weighted by Gasteiger charge is -2.10. The van der Waals surface area contributed by atoms with Crippen LogP contribution in [0.15, 0.2) is 90.1 Å². The van der Waals surface area contributed by atoms with Gasteiger partial charge < -0.3 is 14.6 Å². The molecule has 0 saturated heterocycles. The first kappa shape index (κ1) is 22.6. The van der Waals surface area contributed by atoms with E-state index in [2.05, 4.69) is 32.2 Å². The maximum Gasteiger partial charge on any atom is 0.234 e. The number of nitrogens with zero attached hydrogens (tertiary/aromatic N) is 3. The van der Waals surface area contributed by atoms with Crippen LogP contribution in [0.5, 0.6) is 5.75 Å². The first-order valence-electron chi connectivity index (χ1n) is 10.8. The molecule has 7 heteroatoms. The van der Waals surface area contributed by atoms with Gasteiger partial charge in [-0.2, -0.15) is 0 Å². The first-order valence-corrected chi connectivity index (χ1v) is 11.8. The predicted molar refractivity (Wildman–Crippen MR) is 131 cm³/mol. The Balaban J connectivity index is 1.25. The number of hydrogen-bond acceptors (Lipinski definition) is 5. The van der Waals surface area contributed by atoms with Crippen LogP contribution >= 0.6 is 11.8 Å². The van der Waals surface area contributed by atoms with Crippen LogP contribution in [0.1, 0.15) is 17.0 Å². The number of anilines is 1. The molecule has 4 aromatic rings. The molecule has 33 heavy (non-hydrogen) atoms. The van der Waals surface area contributed by atoms with Gasteiger partial charge in [0.2, 0.25) is 5.91 Å². The Hall–Kier alpha value is -3.58. The van der Waals surface area contributed by atoms with Crippen LogP contribution in [0.25, 0.3) is 0 Å². The standard InChI is InChI=1S/C26H26N4O2S/c1-20-28-29-26(30(20)17-16-21-8-4-2-5-9-21)33-19-25(31)27-23-12-14-24(15-13-23)32-18-22-10-6-3-7-11-22/h2-15H,16-19H2,1H3,(H,27,31). The fourth-order valence-electron chi connectivity index (χ4n) is 3.31. The van der Waals surface area contributed by atoms with Crippen molar-refractivity contribution < 1.29 is 9.53 Å². The molecule has 6 nitrogen and oxygen atoms in total. The van der Waals surface area contributed by atoms with Crippen LogP contribution in [-0.2, 0) is 24.4 Å². The number of thioether (sulfide) groups is 1. The lowest BCUT2D eigenvalue weighted by Crippen LogP contribution is -2.15. The topological polar surface area (TPSA) is 69.0 Å². The molecule has 0 aliphatic heterocycles. The molecule has 4 rings (SSSR count). The van der Waals surface area contributed by atoms with Gasteiger partial charge in [-0.15, -0.1) is 10.2 Å². The van der Waals surface area contributed by atoms with E-state index in [-0.39, 0.29) is 11.7 Å². The van der Waals surface area contributed by atoms with Crippen LogP contribution in [0.2, 0.25) is 0 Å². The monoisotopic (exact) mass is 458 g/mol. The van der Waals surface area contributed by atoms with Crippen molar-refractivity contribution in [2.45, 2.75) is 31.7 Å². The summed E-state index contributed by atoms with van der Waals surface area (Å²) >= 11 is 1.39. The molecule has 0 aliphatic carbocycles. The average Bonchev–Trinajstić information content (AvgIpc) is 3.21. The third-order valence-electron chi connectivity index (χ3n) is 5.09. The van der Waals surface area contributed by atoms with Gasteiger partial charge in [-0.3, -0.25) is 4.79 Å². The van der Waals surface area contributed by atoms with Crippen molar-refractivity contribution >= 4 is 23.4 Å². The number of aromatic nitrogens is 3. The number of amides is 1. The van der Waals surface area contributed by atoms with E-state index < -0.39 is 0 Å². The lowest BCUT2D eigenvalue weighted by atomic mass is 10.1. The van der Waals surface area contributed by atoms with E-state index in [1.807, 2.05) is 79.7 Å². The molecule has 1 heterocycles. The molecule has 0 saturated carbocycles. The Labute approximate surface area is 198 Å². The van der Waals surface area contributed by atoms with Gasteiger partial charge in [0.15, 0.2) is 5.16 Å². The molecule has 0 unspecified atom stereocenters. The molecular formula is C26H26N4O2S. The molecule has 0 bridgehead atoms. The van der Waals surface area contributed by atoms with Crippen molar-refractivity contribution in [2.24, 2.45) is 0 Å². The quantitative estimate of drug-likeness (QED) is 0.333. The molecule has 0 atom stereocenters. The lowest BCUT2D eigenvalue weighted by molar-refractivity contribution is -0.113. The maximum atomic E-state index is 12.5. The summed E-state index contributed by atoms with van der Waals surface area (Å²) in [6.45, 7) is 3.22. The van der Waals surface area contributed by atoms with E-state index in [4.69, 9.17) is 4.74 Å². The minimum absolute atomic E-state index is 0.0896. The van der Waals surface area contributed by atoms with Crippen LogP contribution in [0.4, 0.5) is 5.69 Å². The Morgan fingerprint density at radius 2 is 1.58 bits per heavy atom. The second-order valence-corrected chi connectivity index (χ2v) is 8.50. The van der Waals surface area contributed by atoms with Gasteiger partial charge in [0, 0.05) is 12.2 Å². The minimum Gasteiger partial charge on any atom is -0.489 e. The number of nitrogens with one attached hydrogen (secondary N) is 1. The molecule has 1 aromatic heterocycles.